The minimum absolute atomic E-state index is 0.179. The molecule has 0 fully saturated rings. The van der Waals surface area contributed by atoms with Gasteiger partial charge in [-0.15, -0.1) is 0 Å². The van der Waals surface area contributed by atoms with Crippen molar-refractivity contribution >= 4 is 34.8 Å². The van der Waals surface area contributed by atoms with Crippen molar-refractivity contribution in [3.05, 3.63) is 82.8 Å². The molecule has 2 aromatic carbocycles. The van der Waals surface area contributed by atoms with Crippen LogP contribution < -0.4 is 15.5 Å². The number of halogens is 1. The van der Waals surface area contributed by atoms with Crippen LogP contribution in [0.1, 0.15) is 35.5 Å². The van der Waals surface area contributed by atoms with Crippen LogP contribution in [0.25, 0.3) is 0 Å². The minimum atomic E-state index is -0.736. The predicted molar refractivity (Wildman–Crippen MR) is 120 cm³/mol. The molecule has 1 heterocycles. The number of hydrogen-bond acceptors (Lipinski definition) is 5. The highest BCUT2D eigenvalue weighted by Crippen LogP contribution is 2.26. The fraction of sp³-hybridized carbons (Fsp3) is 0.174. The molecule has 0 bridgehead atoms. The molecule has 0 radical (unpaired) electrons. The summed E-state index contributed by atoms with van der Waals surface area (Å²) in [5.41, 5.74) is 5.43. The molecular weight excluding hydrogens is 418 g/mol. The topological polar surface area (TPSA) is 92.9 Å². The molecule has 0 saturated carbocycles. The number of rotatable bonds is 7. The van der Waals surface area contributed by atoms with Crippen molar-refractivity contribution in [1.29, 1.82) is 0 Å². The van der Waals surface area contributed by atoms with Gasteiger partial charge in [-0.2, -0.15) is 5.10 Å². The highest BCUT2D eigenvalue weighted by molar-refractivity contribution is 6.32. The summed E-state index contributed by atoms with van der Waals surface area (Å²) < 4.78 is 10.7. The van der Waals surface area contributed by atoms with Gasteiger partial charge in [-0.05, 0) is 68.3 Å². The summed E-state index contributed by atoms with van der Waals surface area (Å²) in [6.45, 7) is 5.34. The summed E-state index contributed by atoms with van der Waals surface area (Å²) in [6.07, 6.45) is 0.680. The van der Waals surface area contributed by atoms with E-state index in [1.807, 2.05) is 13.0 Å². The number of carbonyl (C=O) groups excluding carboxylic acids is 2. The molecule has 3 rings (SSSR count). The Morgan fingerprint density at radius 2 is 1.87 bits per heavy atom. The lowest BCUT2D eigenvalue weighted by Gasteiger charge is -2.16. The second-order valence-electron chi connectivity index (χ2n) is 6.88. The summed E-state index contributed by atoms with van der Waals surface area (Å²) in [5.74, 6) is -0.108. The Labute approximate surface area is 185 Å². The number of anilines is 1. The Kier molecular flexibility index (Phi) is 7.10. The minimum Gasteiger partial charge on any atom is -0.479 e. The Bertz CT molecular complexity index is 1090. The van der Waals surface area contributed by atoms with Crippen LogP contribution in [-0.2, 0) is 4.79 Å². The van der Waals surface area contributed by atoms with Gasteiger partial charge in [-0.1, -0.05) is 29.8 Å². The third-order valence-corrected chi connectivity index (χ3v) is 4.70. The molecule has 0 unspecified atom stereocenters. The average molecular weight is 440 g/mol. The Morgan fingerprint density at radius 1 is 1.13 bits per heavy atom. The molecule has 0 aliphatic heterocycles. The normalized spacial score (nSPS) is 12.2. The van der Waals surface area contributed by atoms with Crippen molar-refractivity contribution in [3.63, 3.8) is 0 Å². The van der Waals surface area contributed by atoms with Crippen LogP contribution >= 0.6 is 11.6 Å². The number of benzene rings is 2. The second-order valence-corrected chi connectivity index (χ2v) is 7.28. The molecule has 0 aliphatic carbocycles. The van der Waals surface area contributed by atoms with Gasteiger partial charge in [0.1, 0.15) is 5.75 Å². The zero-order valence-corrected chi connectivity index (χ0v) is 18.1. The van der Waals surface area contributed by atoms with Crippen LogP contribution in [0.4, 0.5) is 5.69 Å². The smallest absolute Gasteiger partial charge is 0.307 e. The van der Waals surface area contributed by atoms with E-state index in [0.29, 0.717) is 22.2 Å². The van der Waals surface area contributed by atoms with Gasteiger partial charge in [-0.3, -0.25) is 9.59 Å². The van der Waals surface area contributed by atoms with Crippen molar-refractivity contribution in [1.82, 2.24) is 5.43 Å². The molecule has 31 heavy (non-hydrogen) atoms. The lowest BCUT2D eigenvalue weighted by atomic mass is 10.1. The van der Waals surface area contributed by atoms with Gasteiger partial charge < -0.3 is 14.5 Å². The summed E-state index contributed by atoms with van der Waals surface area (Å²) in [7, 11) is 0. The van der Waals surface area contributed by atoms with Crippen LogP contribution in [0.15, 0.2) is 70.4 Å². The number of hydrogen-bond donors (Lipinski definition) is 2. The number of carbonyl (C=O) groups is 2. The van der Waals surface area contributed by atoms with Crippen LogP contribution in [-0.4, -0.2) is 23.6 Å². The predicted octanol–water partition coefficient (Wildman–Crippen LogP) is 4.80. The molecule has 1 atom stereocenters. The van der Waals surface area contributed by atoms with Gasteiger partial charge in [0.25, 0.3) is 5.91 Å². The first-order valence-electron chi connectivity index (χ1n) is 9.55. The van der Waals surface area contributed by atoms with E-state index in [1.165, 1.54) is 6.26 Å². The number of aryl methyl sites for hydroxylation is 1. The molecule has 0 saturated heterocycles. The van der Waals surface area contributed by atoms with Gasteiger partial charge >= 0.3 is 5.91 Å². The standard InChI is InChI=1S/C23H22ClN3O4/c1-14-6-11-20(19(24)13-14)31-16(3)22(28)25-18-9-7-17(8-10-18)15(2)26-27-23(29)21-5-4-12-30-21/h4-13,16H,1-3H3,(H,25,28)(H,27,29)/t16-/m1/s1. The van der Waals surface area contributed by atoms with Gasteiger partial charge in [-0.25, -0.2) is 5.43 Å². The molecule has 0 aliphatic rings. The van der Waals surface area contributed by atoms with Gasteiger partial charge in [0.15, 0.2) is 11.9 Å². The van der Waals surface area contributed by atoms with Crippen molar-refractivity contribution in [2.75, 3.05) is 5.32 Å². The number of hydrazone groups is 1. The molecule has 8 heteroatoms. The number of ether oxygens (including phenoxy) is 1. The Hall–Kier alpha value is -3.58. The lowest BCUT2D eigenvalue weighted by Crippen LogP contribution is -2.30. The molecule has 3 aromatic rings. The fourth-order valence-corrected chi connectivity index (χ4v) is 2.93. The zero-order chi connectivity index (χ0) is 22.4. The number of furan rings is 1. The van der Waals surface area contributed by atoms with E-state index in [1.54, 1.807) is 62.4 Å². The first kappa shape index (κ1) is 22.1. The maximum Gasteiger partial charge on any atom is 0.307 e. The third-order valence-electron chi connectivity index (χ3n) is 4.40. The summed E-state index contributed by atoms with van der Waals surface area (Å²) in [4.78, 5) is 24.3. The molecule has 1 aromatic heterocycles. The number of amides is 2. The number of nitrogens with zero attached hydrogens (tertiary/aromatic N) is 1. The summed E-state index contributed by atoms with van der Waals surface area (Å²) in [5, 5.41) is 7.32. The van der Waals surface area contributed by atoms with Crippen molar-refractivity contribution in [2.24, 2.45) is 5.10 Å². The molecule has 2 amide bonds. The highest BCUT2D eigenvalue weighted by atomic mass is 35.5. The van der Waals surface area contributed by atoms with Gasteiger partial charge in [0.05, 0.1) is 17.0 Å². The SMILES string of the molecule is CC(=NNC(=O)c1ccco1)c1ccc(NC(=O)[C@@H](C)Oc2ccc(C)cc2Cl)cc1. The zero-order valence-electron chi connectivity index (χ0n) is 17.3. The van der Waals surface area contributed by atoms with Crippen LogP contribution in [0, 0.1) is 6.92 Å². The molecule has 160 valence electrons. The van der Waals surface area contributed by atoms with Crippen LogP contribution in [0.3, 0.4) is 0 Å². The Morgan fingerprint density at radius 3 is 2.52 bits per heavy atom. The maximum atomic E-state index is 12.4. The van der Waals surface area contributed by atoms with Crippen molar-refractivity contribution < 1.29 is 18.7 Å². The Balaban J connectivity index is 1.57. The average Bonchev–Trinajstić information content (AvgIpc) is 3.29. The summed E-state index contributed by atoms with van der Waals surface area (Å²) >= 11 is 6.16. The first-order chi connectivity index (χ1) is 14.8. The van der Waals surface area contributed by atoms with E-state index in [4.69, 9.17) is 20.8 Å². The maximum absolute atomic E-state index is 12.4. The van der Waals surface area contributed by atoms with Gasteiger partial charge in [0, 0.05) is 5.69 Å². The molecule has 0 spiro atoms. The third kappa shape index (κ3) is 5.96. The highest BCUT2D eigenvalue weighted by Gasteiger charge is 2.16. The molecule has 7 nitrogen and oxygen atoms in total. The molecule has 2 N–H and O–H groups in total. The molecular formula is C23H22ClN3O4. The summed E-state index contributed by atoms with van der Waals surface area (Å²) in [6, 6.07) is 15.6. The first-order valence-corrected chi connectivity index (χ1v) is 9.93. The van der Waals surface area contributed by atoms with Gasteiger partial charge in [0.2, 0.25) is 0 Å². The van der Waals surface area contributed by atoms with E-state index in [2.05, 4.69) is 15.8 Å². The fourth-order valence-electron chi connectivity index (χ4n) is 2.65. The van der Waals surface area contributed by atoms with E-state index in [-0.39, 0.29) is 11.7 Å². The van der Waals surface area contributed by atoms with E-state index < -0.39 is 12.0 Å². The van der Waals surface area contributed by atoms with Crippen molar-refractivity contribution in [2.45, 2.75) is 26.9 Å². The van der Waals surface area contributed by atoms with Crippen LogP contribution in [0.2, 0.25) is 5.02 Å². The largest absolute Gasteiger partial charge is 0.479 e. The second kappa shape index (κ2) is 9.95. The van der Waals surface area contributed by atoms with E-state index in [0.717, 1.165) is 11.1 Å². The monoisotopic (exact) mass is 439 g/mol. The van der Waals surface area contributed by atoms with Crippen LogP contribution in [0.5, 0.6) is 5.75 Å². The quantitative estimate of drug-likeness (QED) is 0.408. The van der Waals surface area contributed by atoms with Crippen molar-refractivity contribution in [3.8, 4) is 5.75 Å². The lowest BCUT2D eigenvalue weighted by molar-refractivity contribution is -0.122. The number of nitrogens with one attached hydrogen (secondary N) is 2. The van der Waals surface area contributed by atoms with E-state index in [9.17, 15) is 9.59 Å². The van der Waals surface area contributed by atoms with E-state index >= 15 is 0 Å².